The summed E-state index contributed by atoms with van der Waals surface area (Å²) in [4.78, 5) is 2.03. The molecule has 18 heavy (non-hydrogen) atoms. The van der Waals surface area contributed by atoms with E-state index in [4.69, 9.17) is 4.74 Å². The van der Waals surface area contributed by atoms with E-state index in [0.29, 0.717) is 5.92 Å². The lowest BCUT2D eigenvalue weighted by atomic mass is 9.93. The molecule has 0 aliphatic carbocycles. The van der Waals surface area contributed by atoms with E-state index in [1.54, 1.807) is 7.11 Å². The summed E-state index contributed by atoms with van der Waals surface area (Å²) in [7, 11) is 5.65. The number of ether oxygens (including phenoxy) is 1. The van der Waals surface area contributed by atoms with Crippen molar-refractivity contribution in [3.8, 4) is 11.8 Å². The molecule has 98 valence electrons. The molecule has 3 nitrogen and oxygen atoms in total. The summed E-state index contributed by atoms with van der Waals surface area (Å²) in [5.74, 6) is 1.19. The molecule has 0 bridgehead atoms. The first-order chi connectivity index (χ1) is 8.49. The molecular formula is C15H22N2O. The van der Waals surface area contributed by atoms with E-state index in [0.717, 1.165) is 23.4 Å². The molecule has 1 atom stereocenters. The van der Waals surface area contributed by atoms with Crippen LogP contribution in [0.1, 0.15) is 36.8 Å². The van der Waals surface area contributed by atoms with Gasteiger partial charge in [0, 0.05) is 6.54 Å². The van der Waals surface area contributed by atoms with Gasteiger partial charge in [0.25, 0.3) is 0 Å². The SMILES string of the molecule is COc1ccc(C(C#N)CN(C)C)cc1C(C)C. The predicted molar refractivity (Wildman–Crippen MR) is 74.0 cm³/mol. The fourth-order valence-corrected chi connectivity index (χ4v) is 2.01. The van der Waals surface area contributed by atoms with Crippen molar-refractivity contribution in [1.29, 1.82) is 5.26 Å². The van der Waals surface area contributed by atoms with Gasteiger partial charge >= 0.3 is 0 Å². The van der Waals surface area contributed by atoms with Crippen molar-refractivity contribution in [2.45, 2.75) is 25.7 Å². The maximum absolute atomic E-state index is 9.28. The Balaban J connectivity index is 3.10. The zero-order valence-corrected chi connectivity index (χ0v) is 11.9. The fourth-order valence-electron chi connectivity index (χ4n) is 2.01. The summed E-state index contributed by atoms with van der Waals surface area (Å²) in [6.07, 6.45) is 0. The third-order valence-corrected chi connectivity index (χ3v) is 2.98. The summed E-state index contributed by atoms with van der Waals surface area (Å²) in [6.45, 7) is 5.00. The first-order valence-electron chi connectivity index (χ1n) is 6.21. The topological polar surface area (TPSA) is 36.3 Å². The molecule has 1 aromatic carbocycles. The number of benzene rings is 1. The zero-order valence-electron chi connectivity index (χ0n) is 11.9. The van der Waals surface area contributed by atoms with Gasteiger partial charge in [0.1, 0.15) is 5.75 Å². The number of nitriles is 1. The van der Waals surface area contributed by atoms with Gasteiger partial charge in [0.15, 0.2) is 0 Å². The van der Waals surface area contributed by atoms with Crippen LogP contribution >= 0.6 is 0 Å². The van der Waals surface area contributed by atoms with Crippen molar-refractivity contribution in [1.82, 2.24) is 4.90 Å². The van der Waals surface area contributed by atoms with Crippen LogP contribution in [0.4, 0.5) is 0 Å². The van der Waals surface area contributed by atoms with Crippen LogP contribution in [0, 0.1) is 11.3 Å². The molecule has 1 rings (SSSR count). The highest BCUT2D eigenvalue weighted by molar-refractivity contribution is 5.41. The molecule has 0 aliphatic heterocycles. The average molecular weight is 246 g/mol. The van der Waals surface area contributed by atoms with Crippen LogP contribution in [-0.2, 0) is 0 Å². The largest absolute Gasteiger partial charge is 0.496 e. The Kier molecular flexibility index (Phi) is 5.18. The molecule has 0 N–H and O–H groups in total. The molecule has 0 radical (unpaired) electrons. The normalized spacial score (nSPS) is 12.6. The summed E-state index contributed by atoms with van der Waals surface area (Å²) < 4.78 is 5.36. The van der Waals surface area contributed by atoms with Crippen LogP contribution in [0.3, 0.4) is 0 Å². The molecule has 1 unspecified atom stereocenters. The third-order valence-electron chi connectivity index (χ3n) is 2.98. The van der Waals surface area contributed by atoms with Crippen molar-refractivity contribution >= 4 is 0 Å². The Bertz CT molecular complexity index is 433. The molecule has 0 fully saturated rings. The maximum Gasteiger partial charge on any atom is 0.122 e. The van der Waals surface area contributed by atoms with Crippen molar-refractivity contribution < 1.29 is 4.74 Å². The standard InChI is InChI=1S/C15H22N2O/c1-11(2)14-8-12(6-7-15(14)18-5)13(9-16)10-17(3)4/h6-8,11,13H,10H2,1-5H3. The number of hydrogen-bond acceptors (Lipinski definition) is 3. The van der Waals surface area contributed by atoms with Gasteiger partial charge < -0.3 is 9.64 Å². The van der Waals surface area contributed by atoms with E-state index in [-0.39, 0.29) is 5.92 Å². The number of hydrogen-bond donors (Lipinski definition) is 0. The molecule has 0 amide bonds. The van der Waals surface area contributed by atoms with E-state index in [1.807, 2.05) is 31.1 Å². The van der Waals surface area contributed by atoms with Gasteiger partial charge in [-0.3, -0.25) is 0 Å². The van der Waals surface area contributed by atoms with Gasteiger partial charge in [-0.2, -0.15) is 5.26 Å². The minimum Gasteiger partial charge on any atom is -0.496 e. The quantitative estimate of drug-likeness (QED) is 0.801. The Morgan fingerprint density at radius 3 is 2.44 bits per heavy atom. The van der Waals surface area contributed by atoms with Crippen LogP contribution < -0.4 is 4.74 Å². The number of rotatable bonds is 5. The van der Waals surface area contributed by atoms with E-state index in [9.17, 15) is 5.26 Å². The Labute approximate surface area is 110 Å². The van der Waals surface area contributed by atoms with E-state index in [2.05, 4.69) is 26.0 Å². The van der Waals surface area contributed by atoms with Gasteiger partial charge in [0.2, 0.25) is 0 Å². The summed E-state index contributed by atoms with van der Waals surface area (Å²) in [6, 6.07) is 8.42. The van der Waals surface area contributed by atoms with Crippen molar-refractivity contribution in [3.05, 3.63) is 29.3 Å². The van der Waals surface area contributed by atoms with Gasteiger partial charge in [-0.05, 0) is 37.2 Å². The molecule has 0 aromatic heterocycles. The monoisotopic (exact) mass is 246 g/mol. The minimum atomic E-state index is -0.0941. The summed E-state index contributed by atoms with van der Waals surface area (Å²) in [5.41, 5.74) is 2.23. The van der Waals surface area contributed by atoms with Crippen LogP contribution in [0.25, 0.3) is 0 Å². The maximum atomic E-state index is 9.28. The molecule has 0 heterocycles. The highest BCUT2D eigenvalue weighted by Gasteiger charge is 2.15. The van der Waals surface area contributed by atoms with Crippen LogP contribution in [0.15, 0.2) is 18.2 Å². The van der Waals surface area contributed by atoms with Crippen LogP contribution in [0.2, 0.25) is 0 Å². The minimum absolute atomic E-state index is 0.0941. The lowest BCUT2D eigenvalue weighted by Crippen LogP contribution is -2.19. The van der Waals surface area contributed by atoms with Crippen molar-refractivity contribution in [2.24, 2.45) is 0 Å². The van der Waals surface area contributed by atoms with E-state index >= 15 is 0 Å². The Morgan fingerprint density at radius 1 is 1.33 bits per heavy atom. The number of nitrogens with zero attached hydrogens (tertiary/aromatic N) is 2. The van der Waals surface area contributed by atoms with Gasteiger partial charge in [0.05, 0.1) is 19.1 Å². The molecule has 3 heteroatoms. The molecule has 1 aromatic rings. The van der Waals surface area contributed by atoms with E-state index < -0.39 is 0 Å². The highest BCUT2D eigenvalue weighted by Crippen LogP contribution is 2.30. The molecule has 0 spiro atoms. The molecule has 0 saturated carbocycles. The second kappa shape index (κ2) is 6.42. The molecule has 0 aliphatic rings. The first-order valence-corrected chi connectivity index (χ1v) is 6.21. The summed E-state index contributed by atoms with van der Waals surface area (Å²) >= 11 is 0. The van der Waals surface area contributed by atoms with Gasteiger partial charge in [-0.15, -0.1) is 0 Å². The Hall–Kier alpha value is -1.53. The molecule has 0 saturated heterocycles. The van der Waals surface area contributed by atoms with Crippen molar-refractivity contribution in [2.75, 3.05) is 27.7 Å². The second-order valence-electron chi connectivity index (χ2n) is 5.10. The first kappa shape index (κ1) is 14.5. The summed E-state index contributed by atoms with van der Waals surface area (Å²) in [5, 5.41) is 9.28. The number of likely N-dealkylation sites (N-methyl/N-ethyl adjacent to an activating group) is 1. The van der Waals surface area contributed by atoms with E-state index in [1.165, 1.54) is 0 Å². The lowest BCUT2D eigenvalue weighted by Gasteiger charge is -2.18. The van der Waals surface area contributed by atoms with Crippen LogP contribution in [-0.4, -0.2) is 32.6 Å². The van der Waals surface area contributed by atoms with Crippen molar-refractivity contribution in [3.63, 3.8) is 0 Å². The second-order valence-corrected chi connectivity index (χ2v) is 5.10. The predicted octanol–water partition coefficient (Wildman–Crippen LogP) is 2.99. The van der Waals surface area contributed by atoms with Gasteiger partial charge in [-0.1, -0.05) is 26.0 Å². The zero-order chi connectivity index (χ0) is 13.7. The Morgan fingerprint density at radius 2 is 2.00 bits per heavy atom. The third kappa shape index (κ3) is 3.48. The molecular weight excluding hydrogens is 224 g/mol. The average Bonchev–Trinajstić information content (AvgIpc) is 2.34. The lowest BCUT2D eigenvalue weighted by molar-refractivity contribution is 0.396. The highest BCUT2D eigenvalue weighted by atomic mass is 16.5. The smallest absolute Gasteiger partial charge is 0.122 e. The number of methoxy groups -OCH3 is 1. The van der Waals surface area contributed by atoms with Gasteiger partial charge in [-0.25, -0.2) is 0 Å². The fraction of sp³-hybridized carbons (Fsp3) is 0.533. The van der Waals surface area contributed by atoms with Crippen LogP contribution in [0.5, 0.6) is 5.75 Å².